The van der Waals surface area contributed by atoms with Crippen molar-refractivity contribution in [1.82, 2.24) is 10.2 Å². The van der Waals surface area contributed by atoms with Crippen LogP contribution in [0.2, 0.25) is 5.02 Å². The number of nitrogens with zero attached hydrogens (tertiary/aromatic N) is 2. The van der Waals surface area contributed by atoms with E-state index in [2.05, 4.69) is 5.32 Å². The van der Waals surface area contributed by atoms with Crippen LogP contribution in [0, 0.1) is 5.82 Å². The first-order chi connectivity index (χ1) is 19.4. The van der Waals surface area contributed by atoms with Crippen LogP contribution < -0.4 is 14.4 Å². The van der Waals surface area contributed by atoms with Gasteiger partial charge in [0, 0.05) is 29.6 Å². The predicted octanol–water partition coefficient (Wildman–Crippen LogP) is 4.81. The van der Waals surface area contributed by atoms with Crippen molar-refractivity contribution in [2.24, 2.45) is 0 Å². The molecule has 2 atom stereocenters. The zero-order valence-corrected chi connectivity index (χ0v) is 25.1. The number of anilines is 1. The Bertz CT molecular complexity index is 1460. The van der Waals surface area contributed by atoms with Crippen LogP contribution in [0.1, 0.15) is 31.4 Å². The average Bonchev–Trinajstić information content (AvgIpc) is 2.94. The van der Waals surface area contributed by atoms with E-state index in [-0.39, 0.29) is 41.0 Å². The van der Waals surface area contributed by atoms with Gasteiger partial charge in [0.05, 0.1) is 19.1 Å². The van der Waals surface area contributed by atoms with Crippen molar-refractivity contribution in [3.8, 4) is 5.75 Å². The molecule has 0 aromatic heterocycles. The van der Waals surface area contributed by atoms with Gasteiger partial charge in [0.1, 0.15) is 24.2 Å². The van der Waals surface area contributed by atoms with E-state index in [1.54, 1.807) is 6.07 Å². The number of rotatable bonds is 13. The highest BCUT2D eigenvalue weighted by atomic mass is 35.5. The second-order valence-corrected chi connectivity index (χ2v) is 12.1. The Morgan fingerprint density at radius 2 is 1.71 bits per heavy atom. The van der Waals surface area contributed by atoms with E-state index in [1.165, 1.54) is 48.4 Å². The van der Waals surface area contributed by atoms with E-state index >= 15 is 0 Å². The molecule has 0 heterocycles. The number of methoxy groups -OCH3 is 1. The molecule has 3 rings (SSSR count). The number of ether oxygens (including phenoxy) is 1. The van der Waals surface area contributed by atoms with Crippen LogP contribution in [0.15, 0.2) is 72.8 Å². The third kappa shape index (κ3) is 8.68. The summed E-state index contributed by atoms with van der Waals surface area (Å²) in [6.45, 7) is 2.83. The molecule has 0 aliphatic rings. The first-order valence-corrected chi connectivity index (χ1v) is 15.4. The van der Waals surface area contributed by atoms with Crippen molar-refractivity contribution >= 4 is 39.1 Å². The maximum atomic E-state index is 14.9. The molecular weight excluding hydrogens is 569 g/mol. The molecule has 11 heteroatoms. The van der Waals surface area contributed by atoms with Crippen LogP contribution >= 0.6 is 11.6 Å². The summed E-state index contributed by atoms with van der Waals surface area (Å²) in [6.07, 6.45) is 1.74. The van der Waals surface area contributed by atoms with Crippen molar-refractivity contribution in [3.05, 3.63) is 94.8 Å². The highest BCUT2D eigenvalue weighted by Gasteiger charge is 2.34. The summed E-state index contributed by atoms with van der Waals surface area (Å²) in [5.74, 6) is -1.51. The molecule has 3 aromatic carbocycles. The lowest BCUT2D eigenvalue weighted by Crippen LogP contribution is -2.54. The Balaban J connectivity index is 2.11. The maximum absolute atomic E-state index is 14.9. The Morgan fingerprint density at radius 3 is 2.32 bits per heavy atom. The Kier molecular flexibility index (Phi) is 11.1. The minimum absolute atomic E-state index is 0.0605. The summed E-state index contributed by atoms with van der Waals surface area (Å²) in [5.41, 5.74) is 1.02. The number of benzene rings is 3. The molecule has 0 fully saturated rings. The molecule has 0 bridgehead atoms. The SMILES string of the molecule is CC[C@H](C)NC(=O)[C@@H](Cc1ccccc1)N(Cc1ccccc1F)C(=O)CN(c1cc(Cl)ccc1OC)S(C)(=O)=O. The molecule has 220 valence electrons. The topological polar surface area (TPSA) is 96.0 Å². The van der Waals surface area contributed by atoms with Crippen molar-refractivity contribution in [2.75, 3.05) is 24.2 Å². The lowest BCUT2D eigenvalue weighted by Gasteiger charge is -2.34. The maximum Gasteiger partial charge on any atom is 0.244 e. The lowest BCUT2D eigenvalue weighted by molar-refractivity contribution is -0.140. The van der Waals surface area contributed by atoms with E-state index < -0.39 is 40.2 Å². The smallest absolute Gasteiger partial charge is 0.244 e. The molecule has 0 radical (unpaired) electrons. The monoisotopic (exact) mass is 603 g/mol. The third-order valence-electron chi connectivity index (χ3n) is 6.66. The molecule has 3 aromatic rings. The Hall–Kier alpha value is -3.63. The second kappa shape index (κ2) is 14.3. The largest absolute Gasteiger partial charge is 0.495 e. The van der Waals surface area contributed by atoms with Crippen LogP contribution in [-0.2, 0) is 32.6 Å². The fraction of sp³-hybridized carbons (Fsp3) is 0.333. The highest BCUT2D eigenvalue weighted by molar-refractivity contribution is 7.92. The van der Waals surface area contributed by atoms with Gasteiger partial charge in [-0.1, -0.05) is 67.1 Å². The number of amides is 2. The van der Waals surface area contributed by atoms with Crippen molar-refractivity contribution in [2.45, 2.75) is 45.3 Å². The van der Waals surface area contributed by atoms with E-state index in [1.807, 2.05) is 44.2 Å². The fourth-order valence-corrected chi connectivity index (χ4v) is 5.27. The third-order valence-corrected chi connectivity index (χ3v) is 8.02. The van der Waals surface area contributed by atoms with E-state index in [4.69, 9.17) is 16.3 Å². The number of sulfonamides is 1. The van der Waals surface area contributed by atoms with Gasteiger partial charge in [0.2, 0.25) is 21.8 Å². The Labute approximate surface area is 246 Å². The van der Waals surface area contributed by atoms with Crippen LogP contribution in [0.5, 0.6) is 5.75 Å². The van der Waals surface area contributed by atoms with Gasteiger partial charge >= 0.3 is 0 Å². The molecular formula is C30H35ClFN3O5S. The molecule has 0 spiro atoms. The molecule has 0 saturated heterocycles. The van der Waals surface area contributed by atoms with E-state index in [0.29, 0.717) is 6.42 Å². The molecule has 2 amide bonds. The molecule has 0 unspecified atom stereocenters. The van der Waals surface area contributed by atoms with Crippen molar-refractivity contribution in [1.29, 1.82) is 0 Å². The average molecular weight is 604 g/mol. The van der Waals surface area contributed by atoms with Crippen LogP contribution in [0.25, 0.3) is 0 Å². The minimum atomic E-state index is -4.03. The number of hydrogen-bond donors (Lipinski definition) is 1. The van der Waals surface area contributed by atoms with Gasteiger partial charge in [-0.05, 0) is 43.2 Å². The Morgan fingerprint density at radius 1 is 1.05 bits per heavy atom. The number of hydrogen-bond acceptors (Lipinski definition) is 5. The van der Waals surface area contributed by atoms with Crippen LogP contribution in [-0.4, -0.2) is 57.1 Å². The minimum Gasteiger partial charge on any atom is -0.495 e. The number of nitrogens with one attached hydrogen (secondary N) is 1. The number of carbonyl (C=O) groups excluding carboxylic acids is 2. The highest BCUT2D eigenvalue weighted by Crippen LogP contribution is 2.33. The van der Waals surface area contributed by atoms with E-state index in [0.717, 1.165) is 16.1 Å². The van der Waals surface area contributed by atoms with Gasteiger partial charge in [-0.2, -0.15) is 0 Å². The molecule has 1 N–H and O–H groups in total. The summed E-state index contributed by atoms with van der Waals surface area (Å²) < 4.78 is 47.0. The van der Waals surface area contributed by atoms with Gasteiger partial charge in [0.25, 0.3) is 0 Å². The number of carbonyl (C=O) groups is 2. The molecule has 0 saturated carbocycles. The lowest BCUT2D eigenvalue weighted by atomic mass is 10.0. The van der Waals surface area contributed by atoms with Crippen molar-refractivity contribution < 1.29 is 27.1 Å². The standard InChI is InChI=1S/C30H35ClFN3O5S/c1-5-21(2)33-30(37)27(17-22-11-7-6-8-12-22)34(19-23-13-9-10-14-25(23)32)29(36)20-35(41(4,38)39)26-18-24(31)15-16-28(26)40-3/h6-16,18,21,27H,5,17,19-20H2,1-4H3,(H,33,37)/t21-,27+/m0/s1. The quantitative estimate of drug-likeness (QED) is 0.303. The number of halogens is 2. The van der Waals surface area contributed by atoms with Crippen LogP contribution in [0.4, 0.5) is 10.1 Å². The van der Waals surface area contributed by atoms with Gasteiger partial charge in [-0.25, -0.2) is 12.8 Å². The zero-order chi connectivity index (χ0) is 30.2. The second-order valence-electron chi connectivity index (χ2n) is 9.72. The van der Waals surface area contributed by atoms with Gasteiger partial charge in [-0.15, -0.1) is 0 Å². The summed E-state index contributed by atoms with van der Waals surface area (Å²) in [4.78, 5) is 29.0. The molecule has 0 aliphatic heterocycles. The van der Waals surface area contributed by atoms with Gasteiger partial charge in [-0.3, -0.25) is 13.9 Å². The first kappa shape index (κ1) is 31.9. The normalized spacial score (nSPS) is 12.7. The molecule has 41 heavy (non-hydrogen) atoms. The first-order valence-electron chi connectivity index (χ1n) is 13.1. The molecule has 0 aliphatic carbocycles. The predicted molar refractivity (Wildman–Crippen MR) is 159 cm³/mol. The summed E-state index contributed by atoms with van der Waals surface area (Å²) >= 11 is 6.17. The van der Waals surface area contributed by atoms with E-state index in [9.17, 15) is 22.4 Å². The summed E-state index contributed by atoms with van der Waals surface area (Å²) in [5, 5.41) is 3.17. The van der Waals surface area contributed by atoms with Gasteiger partial charge in [0.15, 0.2) is 0 Å². The zero-order valence-electron chi connectivity index (χ0n) is 23.5. The van der Waals surface area contributed by atoms with Gasteiger partial charge < -0.3 is 15.0 Å². The summed E-state index contributed by atoms with van der Waals surface area (Å²) in [7, 11) is -2.66. The van der Waals surface area contributed by atoms with Crippen LogP contribution in [0.3, 0.4) is 0 Å². The fourth-order valence-electron chi connectivity index (χ4n) is 4.26. The van der Waals surface area contributed by atoms with Crippen molar-refractivity contribution in [3.63, 3.8) is 0 Å². The molecule has 8 nitrogen and oxygen atoms in total. The summed E-state index contributed by atoms with van der Waals surface area (Å²) in [6, 6.07) is 18.2.